The van der Waals surface area contributed by atoms with E-state index >= 15 is 0 Å². The van der Waals surface area contributed by atoms with E-state index in [0.717, 1.165) is 12.4 Å². The summed E-state index contributed by atoms with van der Waals surface area (Å²) in [5.41, 5.74) is 0.219. The van der Waals surface area contributed by atoms with Crippen LogP contribution in [0.25, 0.3) is 0 Å². The summed E-state index contributed by atoms with van der Waals surface area (Å²) in [4.78, 5) is 30.5. The van der Waals surface area contributed by atoms with Crippen LogP contribution in [0.3, 0.4) is 0 Å². The summed E-state index contributed by atoms with van der Waals surface area (Å²) in [6, 6.07) is 3.43. The highest BCUT2D eigenvalue weighted by Crippen LogP contribution is 2.34. The highest BCUT2D eigenvalue weighted by Gasteiger charge is 2.45. The monoisotopic (exact) mass is 414 g/mol. The Hall–Kier alpha value is -3.24. The summed E-state index contributed by atoms with van der Waals surface area (Å²) < 4.78 is 0.561. The van der Waals surface area contributed by atoms with E-state index in [1.54, 1.807) is 12.1 Å². The average Bonchev–Trinajstić information content (AvgIpc) is 2.67. The number of hydrogen-bond donors (Lipinski definition) is 2. The maximum Gasteiger partial charge on any atom is 0.342 e. The molecule has 1 aliphatic rings. The Morgan fingerprint density at radius 2 is 1.13 bits per heavy atom. The molecular weight excluding hydrogens is 388 g/mol. The standard InChI is InChI=1S/C20H26N6O4/c1-23(2)9-7-21-13-5-6-14(22-8-10-24(3)4)16-15(13)19(27)17-18(20(16)28)26(30)12-11-25(17)29/h5-6,11-12,21-22H,7-10H2,1-4H3. The molecule has 0 saturated heterocycles. The van der Waals surface area contributed by atoms with Gasteiger partial charge in [-0.05, 0) is 40.3 Å². The van der Waals surface area contributed by atoms with Gasteiger partial charge in [0, 0.05) is 37.6 Å². The SMILES string of the molecule is CN(C)CCNc1ccc(NCCN(C)C)c2c1C(=O)c1c([n+]([O-])cc[n+]1[O-])C2=O. The lowest BCUT2D eigenvalue weighted by Gasteiger charge is -2.22. The first-order valence-electron chi connectivity index (χ1n) is 9.61. The van der Waals surface area contributed by atoms with Gasteiger partial charge in [-0.1, -0.05) is 0 Å². The maximum atomic E-state index is 13.3. The molecule has 2 aromatic rings. The van der Waals surface area contributed by atoms with Crippen LogP contribution in [0.4, 0.5) is 11.4 Å². The van der Waals surface area contributed by atoms with Gasteiger partial charge >= 0.3 is 11.4 Å². The smallest absolute Gasteiger partial charge is 0.342 e. The van der Waals surface area contributed by atoms with Gasteiger partial charge in [0.15, 0.2) is 0 Å². The van der Waals surface area contributed by atoms with Crippen molar-refractivity contribution in [3.63, 3.8) is 0 Å². The van der Waals surface area contributed by atoms with Crippen molar-refractivity contribution in [1.29, 1.82) is 0 Å². The molecule has 160 valence electrons. The number of fused-ring (bicyclic) bond motifs is 2. The van der Waals surface area contributed by atoms with Gasteiger partial charge in [0.25, 0.3) is 11.6 Å². The molecule has 0 aliphatic heterocycles. The van der Waals surface area contributed by atoms with Gasteiger partial charge in [-0.3, -0.25) is 9.59 Å². The average molecular weight is 414 g/mol. The van der Waals surface area contributed by atoms with E-state index in [0.29, 0.717) is 37.6 Å². The molecule has 1 aromatic heterocycles. The highest BCUT2D eigenvalue weighted by atomic mass is 16.5. The number of benzene rings is 1. The predicted octanol–water partition coefficient (Wildman–Crippen LogP) is -0.324. The van der Waals surface area contributed by atoms with Crippen LogP contribution < -0.4 is 20.1 Å². The minimum Gasteiger partial charge on any atom is -0.618 e. The van der Waals surface area contributed by atoms with E-state index in [1.807, 2.05) is 38.0 Å². The number of hydrogen-bond acceptors (Lipinski definition) is 8. The van der Waals surface area contributed by atoms with Crippen LogP contribution in [-0.2, 0) is 0 Å². The zero-order valence-electron chi connectivity index (χ0n) is 17.6. The van der Waals surface area contributed by atoms with Gasteiger partial charge in [0.1, 0.15) is 0 Å². The van der Waals surface area contributed by atoms with Gasteiger partial charge in [-0.25, -0.2) is 0 Å². The third kappa shape index (κ3) is 4.05. The van der Waals surface area contributed by atoms with Crippen LogP contribution >= 0.6 is 0 Å². The summed E-state index contributed by atoms with van der Waals surface area (Å²) >= 11 is 0. The molecule has 30 heavy (non-hydrogen) atoms. The fourth-order valence-electron chi connectivity index (χ4n) is 3.33. The summed E-state index contributed by atoms with van der Waals surface area (Å²) in [6.07, 6.45) is 1.86. The number of ketones is 2. The summed E-state index contributed by atoms with van der Waals surface area (Å²) in [5, 5.41) is 30.9. The maximum absolute atomic E-state index is 13.3. The molecular formula is C20H26N6O4. The second-order valence-electron chi connectivity index (χ2n) is 7.68. The Morgan fingerprint density at radius 3 is 1.47 bits per heavy atom. The van der Waals surface area contributed by atoms with Gasteiger partial charge in [-0.2, -0.15) is 9.46 Å². The molecule has 1 heterocycles. The van der Waals surface area contributed by atoms with Crippen molar-refractivity contribution in [1.82, 2.24) is 9.80 Å². The van der Waals surface area contributed by atoms with Crippen LogP contribution in [0.15, 0.2) is 24.5 Å². The number of anilines is 2. The second kappa shape index (κ2) is 8.64. The van der Waals surface area contributed by atoms with Crippen molar-refractivity contribution in [2.45, 2.75) is 0 Å². The minimum atomic E-state index is -0.650. The molecule has 3 rings (SSSR count). The Balaban J connectivity index is 2.11. The molecule has 0 radical (unpaired) electrons. The van der Waals surface area contributed by atoms with Crippen molar-refractivity contribution < 1.29 is 19.0 Å². The Bertz CT molecular complexity index is 912. The van der Waals surface area contributed by atoms with Crippen molar-refractivity contribution in [2.75, 3.05) is 65.0 Å². The van der Waals surface area contributed by atoms with E-state index in [2.05, 4.69) is 10.6 Å². The lowest BCUT2D eigenvalue weighted by molar-refractivity contribution is -0.667. The number of rotatable bonds is 8. The molecule has 0 atom stereocenters. The molecule has 0 saturated carbocycles. The first-order chi connectivity index (χ1) is 14.2. The number of likely N-dealkylation sites (N-methyl/N-ethyl adjacent to an activating group) is 2. The molecule has 0 spiro atoms. The third-order valence-corrected chi connectivity index (χ3v) is 4.84. The fourth-order valence-corrected chi connectivity index (χ4v) is 3.33. The van der Waals surface area contributed by atoms with Gasteiger partial charge in [0.05, 0.1) is 11.1 Å². The highest BCUT2D eigenvalue weighted by molar-refractivity contribution is 6.29. The quantitative estimate of drug-likeness (QED) is 0.380. The number of carbonyl (C=O) groups excluding carboxylic acids is 2. The van der Waals surface area contributed by atoms with E-state index in [1.165, 1.54) is 0 Å². The van der Waals surface area contributed by atoms with Crippen molar-refractivity contribution in [3.05, 3.63) is 57.5 Å². The van der Waals surface area contributed by atoms with E-state index in [9.17, 15) is 20.0 Å². The Kier molecular flexibility index (Phi) is 6.18. The summed E-state index contributed by atoms with van der Waals surface area (Å²) in [6.45, 7) is 2.49. The predicted molar refractivity (Wildman–Crippen MR) is 112 cm³/mol. The molecule has 0 amide bonds. The van der Waals surface area contributed by atoms with E-state index in [4.69, 9.17) is 0 Å². The summed E-state index contributed by atoms with van der Waals surface area (Å²) in [7, 11) is 7.70. The Labute approximate surface area is 174 Å². The van der Waals surface area contributed by atoms with Crippen LogP contribution in [0.5, 0.6) is 0 Å². The van der Waals surface area contributed by atoms with Crippen LogP contribution in [0.1, 0.15) is 32.1 Å². The van der Waals surface area contributed by atoms with Crippen molar-refractivity contribution in [3.8, 4) is 0 Å². The molecule has 1 aromatic carbocycles. The molecule has 1 aliphatic carbocycles. The third-order valence-electron chi connectivity index (χ3n) is 4.84. The number of aromatic nitrogens is 2. The normalized spacial score (nSPS) is 12.9. The lowest BCUT2D eigenvalue weighted by Crippen LogP contribution is -2.50. The van der Waals surface area contributed by atoms with E-state index in [-0.39, 0.29) is 20.6 Å². The van der Waals surface area contributed by atoms with Gasteiger partial charge in [-0.15, -0.1) is 0 Å². The van der Waals surface area contributed by atoms with Gasteiger partial charge in [0.2, 0.25) is 12.4 Å². The minimum absolute atomic E-state index is 0.108. The molecule has 10 heteroatoms. The number of nitrogens with zero attached hydrogens (tertiary/aromatic N) is 4. The lowest BCUT2D eigenvalue weighted by atomic mass is 9.87. The number of carbonyl (C=O) groups is 2. The van der Waals surface area contributed by atoms with Crippen molar-refractivity contribution >= 4 is 22.9 Å². The first kappa shape index (κ1) is 21.5. The molecule has 10 nitrogen and oxygen atoms in total. The fraction of sp³-hybridized carbons (Fsp3) is 0.400. The zero-order valence-corrected chi connectivity index (χ0v) is 17.6. The van der Waals surface area contributed by atoms with Crippen LogP contribution in [0, 0.1) is 10.4 Å². The van der Waals surface area contributed by atoms with Crippen LogP contribution in [0.2, 0.25) is 0 Å². The number of nitrogens with one attached hydrogen (secondary N) is 2. The van der Waals surface area contributed by atoms with Crippen LogP contribution in [-0.4, -0.2) is 75.7 Å². The van der Waals surface area contributed by atoms with Gasteiger partial charge < -0.3 is 30.8 Å². The van der Waals surface area contributed by atoms with Crippen molar-refractivity contribution in [2.24, 2.45) is 0 Å². The summed E-state index contributed by atoms with van der Waals surface area (Å²) in [5.74, 6) is -1.30. The molecule has 0 bridgehead atoms. The Morgan fingerprint density at radius 1 is 0.767 bits per heavy atom. The molecule has 2 N–H and O–H groups in total. The first-order valence-corrected chi connectivity index (χ1v) is 9.61. The van der Waals surface area contributed by atoms with E-state index < -0.39 is 23.0 Å². The largest absolute Gasteiger partial charge is 0.618 e. The topological polar surface area (TPSA) is 119 Å². The second-order valence-corrected chi connectivity index (χ2v) is 7.68. The molecule has 0 unspecified atom stereocenters. The zero-order chi connectivity index (χ0) is 22.0. The molecule has 0 fully saturated rings.